The Morgan fingerprint density at radius 1 is 1.39 bits per heavy atom. The number of hydrogen-bond acceptors (Lipinski definition) is 2. The molecule has 0 amide bonds. The minimum atomic E-state index is -4.54. The lowest BCUT2D eigenvalue weighted by Crippen LogP contribution is -2.09. The van der Waals surface area contributed by atoms with E-state index in [9.17, 15) is 18.0 Å². The summed E-state index contributed by atoms with van der Waals surface area (Å²) in [5.41, 5.74) is -1.06. The summed E-state index contributed by atoms with van der Waals surface area (Å²) in [4.78, 5) is 10.5. The van der Waals surface area contributed by atoms with Crippen molar-refractivity contribution in [1.82, 2.24) is 5.32 Å². The van der Waals surface area contributed by atoms with Crippen molar-refractivity contribution in [3.05, 3.63) is 34.9 Å². The maximum Gasteiger partial charge on any atom is 0.417 e. The molecule has 0 fully saturated rings. The van der Waals surface area contributed by atoms with Crippen LogP contribution in [0.3, 0.4) is 0 Å². The van der Waals surface area contributed by atoms with E-state index in [0.717, 1.165) is 12.1 Å². The Kier molecular flexibility index (Phi) is 4.93. The summed E-state index contributed by atoms with van der Waals surface area (Å²) >= 11 is 0. The van der Waals surface area contributed by atoms with Crippen LogP contribution in [-0.4, -0.2) is 19.9 Å². The molecule has 0 saturated carbocycles. The number of rotatable bonds is 3. The quantitative estimate of drug-likeness (QED) is 0.510. The normalized spacial score (nSPS) is 10.7. The highest BCUT2D eigenvalue weighted by Crippen LogP contribution is 2.31. The topological polar surface area (TPSA) is 29.1 Å². The SMILES string of the molecule is CNCCC#Cc1ccc(C=O)c(C(F)(F)F)c1. The summed E-state index contributed by atoms with van der Waals surface area (Å²) in [7, 11) is 1.77. The molecule has 0 unspecified atom stereocenters. The van der Waals surface area contributed by atoms with Crippen molar-refractivity contribution in [2.75, 3.05) is 13.6 Å². The highest BCUT2D eigenvalue weighted by Gasteiger charge is 2.33. The molecule has 0 spiro atoms. The van der Waals surface area contributed by atoms with E-state index in [1.165, 1.54) is 6.07 Å². The Balaban J connectivity index is 3.02. The Morgan fingerprint density at radius 3 is 2.67 bits per heavy atom. The molecule has 0 aliphatic rings. The van der Waals surface area contributed by atoms with Crippen LogP contribution in [0.15, 0.2) is 18.2 Å². The van der Waals surface area contributed by atoms with Gasteiger partial charge in [-0.3, -0.25) is 4.79 Å². The average Bonchev–Trinajstić information content (AvgIpc) is 2.33. The van der Waals surface area contributed by atoms with Crippen LogP contribution >= 0.6 is 0 Å². The predicted molar refractivity (Wildman–Crippen MR) is 62.3 cm³/mol. The predicted octanol–water partition coefficient (Wildman–Crippen LogP) is 2.48. The van der Waals surface area contributed by atoms with Crippen LogP contribution in [0.4, 0.5) is 13.2 Å². The number of benzene rings is 1. The number of nitrogens with one attached hydrogen (secondary N) is 1. The van der Waals surface area contributed by atoms with E-state index in [4.69, 9.17) is 0 Å². The van der Waals surface area contributed by atoms with Crippen LogP contribution in [0.25, 0.3) is 0 Å². The van der Waals surface area contributed by atoms with Gasteiger partial charge in [-0.2, -0.15) is 13.2 Å². The van der Waals surface area contributed by atoms with Crippen molar-refractivity contribution in [3.8, 4) is 11.8 Å². The Labute approximate surface area is 103 Å². The van der Waals surface area contributed by atoms with Gasteiger partial charge in [-0.1, -0.05) is 11.8 Å². The smallest absolute Gasteiger partial charge is 0.319 e. The second-order valence-electron chi connectivity index (χ2n) is 3.57. The largest absolute Gasteiger partial charge is 0.417 e. The minimum absolute atomic E-state index is 0.195. The van der Waals surface area contributed by atoms with Crippen LogP contribution in [0, 0.1) is 11.8 Å². The molecule has 0 aromatic heterocycles. The molecule has 0 aliphatic heterocycles. The molecule has 5 heteroatoms. The zero-order valence-electron chi connectivity index (χ0n) is 9.77. The molecular formula is C13H12F3NO. The van der Waals surface area contributed by atoms with Crippen LogP contribution in [0.5, 0.6) is 0 Å². The van der Waals surface area contributed by atoms with Gasteiger partial charge in [0.2, 0.25) is 0 Å². The molecule has 0 heterocycles. The zero-order valence-corrected chi connectivity index (χ0v) is 9.77. The number of hydrogen-bond donors (Lipinski definition) is 1. The van der Waals surface area contributed by atoms with Crippen LogP contribution in [0.2, 0.25) is 0 Å². The number of carbonyl (C=O) groups is 1. The van der Waals surface area contributed by atoms with Gasteiger partial charge in [0.15, 0.2) is 6.29 Å². The highest BCUT2D eigenvalue weighted by molar-refractivity contribution is 5.78. The third-order valence-corrected chi connectivity index (χ3v) is 2.22. The fourth-order valence-electron chi connectivity index (χ4n) is 1.33. The maximum atomic E-state index is 12.6. The molecule has 0 bridgehead atoms. The van der Waals surface area contributed by atoms with Gasteiger partial charge in [0.1, 0.15) is 0 Å². The molecular weight excluding hydrogens is 243 g/mol. The molecule has 1 aromatic carbocycles. The van der Waals surface area contributed by atoms with E-state index in [1.807, 2.05) is 0 Å². The van der Waals surface area contributed by atoms with Gasteiger partial charge in [0.25, 0.3) is 0 Å². The first-order valence-corrected chi connectivity index (χ1v) is 5.29. The van der Waals surface area contributed by atoms with Gasteiger partial charge >= 0.3 is 6.18 Å². The van der Waals surface area contributed by atoms with Crippen LogP contribution in [-0.2, 0) is 6.18 Å². The van der Waals surface area contributed by atoms with Crippen molar-refractivity contribution in [1.29, 1.82) is 0 Å². The van der Waals surface area contributed by atoms with Crippen LogP contribution in [0.1, 0.15) is 27.9 Å². The molecule has 0 aliphatic carbocycles. The van der Waals surface area contributed by atoms with E-state index >= 15 is 0 Å². The Bertz CT molecular complexity index is 483. The molecule has 1 rings (SSSR count). The summed E-state index contributed by atoms with van der Waals surface area (Å²) in [5.74, 6) is 5.39. The third kappa shape index (κ3) is 3.90. The van der Waals surface area contributed by atoms with Gasteiger partial charge in [-0.25, -0.2) is 0 Å². The summed E-state index contributed by atoms with van der Waals surface area (Å²) in [6, 6.07) is 3.44. The minimum Gasteiger partial charge on any atom is -0.319 e. The highest BCUT2D eigenvalue weighted by atomic mass is 19.4. The first kappa shape index (κ1) is 14.3. The summed E-state index contributed by atoms with van der Waals surface area (Å²) < 4.78 is 37.9. The lowest BCUT2D eigenvalue weighted by molar-refractivity contribution is -0.137. The number of carbonyl (C=O) groups excluding carboxylic acids is 1. The van der Waals surface area contributed by atoms with Gasteiger partial charge in [-0.05, 0) is 25.2 Å². The Hall–Kier alpha value is -1.80. The van der Waals surface area contributed by atoms with E-state index in [0.29, 0.717) is 13.0 Å². The van der Waals surface area contributed by atoms with Crippen molar-refractivity contribution in [2.45, 2.75) is 12.6 Å². The van der Waals surface area contributed by atoms with Crippen molar-refractivity contribution in [3.63, 3.8) is 0 Å². The van der Waals surface area contributed by atoms with E-state index in [2.05, 4.69) is 17.2 Å². The summed E-state index contributed by atoms with van der Waals surface area (Å²) in [6.45, 7) is 0.672. The first-order valence-electron chi connectivity index (χ1n) is 5.29. The van der Waals surface area contributed by atoms with Gasteiger partial charge in [-0.15, -0.1) is 0 Å². The number of alkyl halides is 3. The number of halogens is 3. The second kappa shape index (κ2) is 6.22. The molecule has 2 nitrogen and oxygen atoms in total. The average molecular weight is 255 g/mol. The first-order chi connectivity index (χ1) is 8.49. The van der Waals surface area contributed by atoms with Gasteiger partial charge in [0.05, 0.1) is 5.56 Å². The fraction of sp³-hybridized carbons (Fsp3) is 0.308. The molecule has 96 valence electrons. The lowest BCUT2D eigenvalue weighted by atomic mass is 10.0. The van der Waals surface area contributed by atoms with Gasteiger partial charge in [0, 0.05) is 24.1 Å². The molecule has 1 N–H and O–H groups in total. The Morgan fingerprint density at radius 2 is 2.11 bits per heavy atom. The monoisotopic (exact) mass is 255 g/mol. The van der Waals surface area contributed by atoms with Crippen molar-refractivity contribution in [2.24, 2.45) is 0 Å². The second-order valence-corrected chi connectivity index (χ2v) is 3.57. The van der Waals surface area contributed by atoms with Crippen LogP contribution < -0.4 is 5.32 Å². The van der Waals surface area contributed by atoms with Gasteiger partial charge < -0.3 is 5.32 Å². The fourth-order valence-corrected chi connectivity index (χ4v) is 1.33. The molecule has 1 aromatic rings. The summed E-state index contributed by atoms with van der Waals surface area (Å²) in [6.07, 6.45) is -3.80. The zero-order chi connectivity index (χ0) is 13.6. The van der Waals surface area contributed by atoms with E-state index in [-0.39, 0.29) is 17.4 Å². The standard InChI is InChI=1S/C13H12F3NO/c1-17-7-3-2-4-10-5-6-11(9-18)12(8-10)13(14,15)16/h5-6,8-9,17H,3,7H2,1H3. The van der Waals surface area contributed by atoms with Crippen molar-refractivity contribution >= 4 is 6.29 Å². The molecule has 0 atom stereocenters. The van der Waals surface area contributed by atoms with E-state index < -0.39 is 11.7 Å². The third-order valence-electron chi connectivity index (χ3n) is 2.22. The van der Waals surface area contributed by atoms with Crippen molar-refractivity contribution < 1.29 is 18.0 Å². The molecule has 18 heavy (non-hydrogen) atoms. The molecule has 0 radical (unpaired) electrons. The lowest BCUT2D eigenvalue weighted by Gasteiger charge is -2.09. The number of aldehydes is 1. The summed E-state index contributed by atoms with van der Waals surface area (Å²) in [5, 5.41) is 2.88. The van der Waals surface area contributed by atoms with E-state index in [1.54, 1.807) is 7.05 Å². The molecule has 0 saturated heterocycles. The maximum absolute atomic E-state index is 12.6.